The van der Waals surface area contributed by atoms with Crippen LogP contribution in [0.4, 0.5) is 0 Å². The van der Waals surface area contributed by atoms with Gasteiger partial charge in [0, 0.05) is 25.5 Å². The summed E-state index contributed by atoms with van der Waals surface area (Å²) in [6.07, 6.45) is 1.43. The number of nitrogens with zero attached hydrogens (tertiary/aromatic N) is 1. The quantitative estimate of drug-likeness (QED) is 0.0815. The zero-order chi connectivity index (χ0) is 26.6. The summed E-state index contributed by atoms with van der Waals surface area (Å²) in [7, 11) is 0. The summed E-state index contributed by atoms with van der Waals surface area (Å²) < 4.78 is 7.80. The molecule has 1 heterocycles. The van der Waals surface area contributed by atoms with Crippen molar-refractivity contribution in [3.05, 3.63) is 121 Å². The van der Waals surface area contributed by atoms with E-state index < -0.39 is 11.9 Å². The highest BCUT2D eigenvalue weighted by atomic mass is 79.9. The number of nitrogens with one attached hydrogen (secondary N) is 2. The highest BCUT2D eigenvalue weighted by Gasteiger charge is 2.20. The van der Waals surface area contributed by atoms with E-state index in [9.17, 15) is 9.59 Å². The summed E-state index contributed by atoms with van der Waals surface area (Å²) >= 11 is 10.5. The SMILES string of the molecule is O=C(Oc1c(Br)cc(Br)cc1C=NNC(=O)c1[nH]c2c(Br)cccc2c1-c1ccccc1)c1ccccc1. The Balaban J connectivity index is 1.45. The number of amides is 1. The van der Waals surface area contributed by atoms with E-state index in [2.05, 4.69) is 63.3 Å². The molecule has 0 unspecified atom stereocenters. The maximum Gasteiger partial charge on any atom is 0.343 e. The fraction of sp³-hybridized carbons (Fsp3) is 0. The Morgan fingerprint density at radius 2 is 1.55 bits per heavy atom. The molecule has 0 atom stereocenters. The molecule has 0 spiro atoms. The van der Waals surface area contributed by atoms with Crippen LogP contribution in [0.3, 0.4) is 0 Å². The maximum atomic E-state index is 13.3. The third-order valence-corrected chi connectivity index (χ3v) is 7.39. The molecule has 0 aliphatic heterocycles. The van der Waals surface area contributed by atoms with E-state index >= 15 is 0 Å². The molecule has 0 radical (unpaired) electrons. The van der Waals surface area contributed by atoms with Crippen molar-refractivity contribution in [2.45, 2.75) is 0 Å². The van der Waals surface area contributed by atoms with Gasteiger partial charge in [0.05, 0.1) is 21.8 Å². The first-order valence-electron chi connectivity index (χ1n) is 11.4. The van der Waals surface area contributed by atoms with E-state index in [0.29, 0.717) is 21.3 Å². The van der Waals surface area contributed by atoms with Gasteiger partial charge in [-0.2, -0.15) is 5.10 Å². The minimum atomic E-state index is -0.511. The van der Waals surface area contributed by atoms with Crippen molar-refractivity contribution in [2.75, 3.05) is 0 Å². The predicted molar refractivity (Wildman–Crippen MR) is 160 cm³/mol. The lowest BCUT2D eigenvalue weighted by molar-refractivity contribution is 0.0733. The molecule has 0 aliphatic carbocycles. The zero-order valence-corrected chi connectivity index (χ0v) is 24.3. The Bertz CT molecular complexity index is 1680. The van der Waals surface area contributed by atoms with Gasteiger partial charge in [0.2, 0.25) is 0 Å². The van der Waals surface area contributed by atoms with Crippen LogP contribution >= 0.6 is 47.8 Å². The highest BCUT2D eigenvalue weighted by molar-refractivity contribution is 9.11. The molecule has 0 fully saturated rings. The molecule has 1 amide bonds. The number of halogens is 3. The average Bonchev–Trinajstić information content (AvgIpc) is 3.32. The van der Waals surface area contributed by atoms with Crippen molar-refractivity contribution in [3.8, 4) is 16.9 Å². The van der Waals surface area contributed by atoms with Crippen molar-refractivity contribution in [3.63, 3.8) is 0 Å². The summed E-state index contributed by atoms with van der Waals surface area (Å²) in [5, 5.41) is 5.09. The molecular weight excluding hydrogens is 678 g/mol. The normalized spacial score (nSPS) is 11.1. The first kappa shape index (κ1) is 26.1. The lowest BCUT2D eigenvalue weighted by Gasteiger charge is -2.10. The molecule has 5 aromatic rings. The molecule has 4 aromatic carbocycles. The van der Waals surface area contributed by atoms with Gasteiger partial charge in [-0.3, -0.25) is 4.79 Å². The fourth-order valence-corrected chi connectivity index (χ4v) is 5.79. The van der Waals surface area contributed by atoms with E-state index in [1.165, 1.54) is 6.21 Å². The van der Waals surface area contributed by atoms with Gasteiger partial charge in [-0.15, -0.1) is 0 Å². The third-order valence-electron chi connectivity index (χ3n) is 5.68. The number of hydrogen-bond acceptors (Lipinski definition) is 4. The highest BCUT2D eigenvalue weighted by Crippen LogP contribution is 2.36. The molecule has 38 heavy (non-hydrogen) atoms. The standard InChI is InChI=1S/C29H18Br3N3O3/c30-20-14-19(27(23(32)15-20)38-29(37)18-10-5-2-6-11-18)16-33-35-28(36)26-24(17-8-3-1-4-9-17)21-12-7-13-22(31)25(21)34-26/h1-16,34H,(H,35,36). The van der Waals surface area contributed by atoms with Crippen molar-refractivity contribution in [2.24, 2.45) is 5.10 Å². The smallest absolute Gasteiger partial charge is 0.343 e. The second kappa shape index (κ2) is 11.5. The number of hydrogen-bond donors (Lipinski definition) is 2. The first-order chi connectivity index (χ1) is 18.4. The molecule has 1 aromatic heterocycles. The number of carbonyl (C=O) groups excluding carboxylic acids is 2. The summed E-state index contributed by atoms with van der Waals surface area (Å²) in [4.78, 5) is 29.2. The monoisotopic (exact) mass is 693 g/mol. The number of rotatable bonds is 6. The Kier molecular flexibility index (Phi) is 7.87. The Morgan fingerprint density at radius 1 is 0.842 bits per heavy atom. The van der Waals surface area contributed by atoms with Gasteiger partial charge < -0.3 is 9.72 Å². The molecule has 6 nitrogen and oxygen atoms in total. The van der Waals surface area contributed by atoms with Gasteiger partial charge in [-0.1, -0.05) is 76.6 Å². The summed E-state index contributed by atoms with van der Waals surface area (Å²) in [5.41, 5.74) is 6.36. The number of fused-ring (bicyclic) bond motifs is 1. The van der Waals surface area contributed by atoms with Gasteiger partial charge in [0.1, 0.15) is 5.69 Å². The summed E-state index contributed by atoms with van der Waals surface area (Å²) in [5.74, 6) is -0.650. The van der Waals surface area contributed by atoms with Gasteiger partial charge in [0.25, 0.3) is 5.91 Å². The molecular formula is C29H18Br3N3O3. The van der Waals surface area contributed by atoms with E-state index in [1.807, 2.05) is 54.6 Å². The van der Waals surface area contributed by atoms with Crippen LogP contribution in [0.1, 0.15) is 26.4 Å². The van der Waals surface area contributed by atoms with Crippen LogP contribution < -0.4 is 10.2 Å². The molecule has 0 saturated carbocycles. The van der Waals surface area contributed by atoms with E-state index in [-0.39, 0.29) is 5.75 Å². The minimum Gasteiger partial charge on any atom is -0.421 e. The Morgan fingerprint density at radius 3 is 2.29 bits per heavy atom. The first-order valence-corrected chi connectivity index (χ1v) is 13.8. The van der Waals surface area contributed by atoms with Crippen LogP contribution in [-0.2, 0) is 0 Å². The van der Waals surface area contributed by atoms with Gasteiger partial charge in [-0.05, 0) is 67.8 Å². The number of hydrazone groups is 1. The van der Waals surface area contributed by atoms with E-state index in [4.69, 9.17) is 4.74 Å². The minimum absolute atomic E-state index is 0.277. The van der Waals surface area contributed by atoms with Crippen molar-refractivity contribution in [1.29, 1.82) is 0 Å². The van der Waals surface area contributed by atoms with Crippen LogP contribution in [0.2, 0.25) is 0 Å². The number of H-pyrrole nitrogens is 1. The number of para-hydroxylation sites is 1. The van der Waals surface area contributed by atoms with Gasteiger partial charge >= 0.3 is 5.97 Å². The Hall–Kier alpha value is -3.53. The second-order valence-electron chi connectivity index (χ2n) is 8.16. The zero-order valence-electron chi connectivity index (χ0n) is 19.5. The van der Waals surface area contributed by atoms with E-state index in [0.717, 1.165) is 31.0 Å². The van der Waals surface area contributed by atoms with Crippen LogP contribution in [0.15, 0.2) is 110 Å². The van der Waals surface area contributed by atoms with Crippen molar-refractivity contribution in [1.82, 2.24) is 10.4 Å². The van der Waals surface area contributed by atoms with Crippen LogP contribution in [0.5, 0.6) is 5.75 Å². The number of ether oxygens (including phenoxy) is 1. The molecule has 5 rings (SSSR count). The summed E-state index contributed by atoms with van der Waals surface area (Å²) in [6.45, 7) is 0. The van der Waals surface area contributed by atoms with Crippen molar-refractivity contribution >= 4 is 76.8 Å². The van der Waals surface area contributed by atoms with Crippen LogP contribution in [0, 0.1) is 0 Å². The summed E-state index contributed by atoms with van der Waals surface area (Å²) in [6, 6.07) is 27.7. The third kappa shape index (κ3) is 5.50. The van der Waals surface area contributed by atoms with Crippen LogP contribution in [-0.4, -0.2) is 23.1 Å². The number of aromatic amines is 1. The van der Waals surface area contributed by atoms with Crippen molar-refractivity contribution < 1.29 is 14.3 Å². The lowest BCUT2D eigenvalue weighted by atomic mass is 10.0. The predicted octanol–water partition coefficient (Wildman–Crippen LogP) is 8.11. The largest absolute Gasteiger partial charge is 0.421 e. The molecule has 188 valence electrons. The van der Waals surface area contributed by atoms with Gasteiger partial charge in [0.15, 0.2) is 5.75 Å². The van der Waals surface area contributed by atoms with Crippen LogP contribution in [0.25, 0.3) is 22.0 Å². The molecule has 0 aliphatic rings. The number of carbonyl (C=O) groups is 2. The molecule has 0 saturated heterocycles. The van der Waals surface area contributed by atoms with E-state index in [1.54, 1.807) is 36.4 Å². The molecule has 0 bridgehead atoms. The topological polar surface area (TPSA) is 83.5 Å². The number of esters is 1. The average molecular weight is 696 g/mol. The maximum absolute atomic E-state index is 13.3. The molecule has 2 N–H and O–H groups in total. The van der Waals surface area contributed by atoms with Gasteiger partial charge in [-0.25, -0.2) is 10.2 Å². The second-order valence-corrected chi connectivity index (χ2v) is 10.8. The number of aromatic nitrogens is 1. The molecule has 9 heteroatoms. The lowest BCUT2D eigenvalue weighted by Crippen LogP contribution is -2.19. The Labute approximate surface area is 243 Å². The fourth-order valence-electron chi connectivity index (χ4n) is 3.98. The number of benzene rings is 4.